The van der Waals surface area contributed by atoms with Crippen molar-refractivity contribution < 1.29 is 9.53 Å². The van der Waals surface area contributed by atoms with Gasteiger partial charge in [-0.15, -0.1) is 0 Å². The molecule has 5 heteroatoms. The van der Waals surface area contributed by atoms with E-state index >= 15 is 0 Å². The van der Waals surface area contributed by atoms with Crippen LogP contribution in [0.3, 0.4) is 0 Å². The van der Waals surface area contributed by atoms with Crippen molar-refractivity contribution in [1.29, 1.82) is 0 Å². The summed E-state index contributed by atoms with van der Waals surface area (Å²) in [4.78, 5) is 13.8. The largest absolute Gasteiger partial charge is 0.383 e. The zero-order valence-electron chi connectivity index (χ0n) is 12.9. The number of urea groups is 1. The van der Waals surface area contributed by atoms with E-state index in [1.165, 1.54) is 5.56 Å². The molecule has 5 nitrogen and oxygen atoms in total. The summed E-state index contributed by atoms with van der Waals surface area (Å²) in [5.41, 5.74) is 2.42. The number of hydrogen-bond acceptors (Lipinski definition) is 3. The summed E-state index contributed by atoms with van der Waals surface area (Å²) in [5, 5.41) is 6.42. The number of likely N-dealkylation sites (tertiary alicyclic amines) is 1. The second-order valence-corrected chi connectivity index (χ2v) is 5.50. The van der Waals surface area contributed by atoms with Gasteiger partial charge in [-0.1, -0.05) is 12.1 Å². The number of carbonyl (C=O) groups is 1. The minimum absolute atomic E-state index is 0.0149. The van der Waals surface area contributed by atoms with E-state index < -0.39 is 0 Å². The Morgan fingerprint density at radius 1 is 1.38 bits per heavy atom. The highest BCUT2D eigenvalue weighted by Gasteiger charge is 2.22. The Hall–Kier alpha value is -1.75. The molecule has 2 N–H and O–H groups in total. The van der Waals surface area contributed by atoms with Gasteiger partial charge in [0.05, 0.1) is 6.61 Å². The van der Waals surface area contributed by atoms with Gasteiger partial charge in [-0.25, -0.2) is 4.79 Å². The number of aryl methyl sites for hydroxylation is 1. The van der Waals surface area contributed by atoms with Gasteiger partial charge in [-0.2, -0.15) is 0 Å². The number of methoxy groups -OCH3 is 1. The number of nitrogens with one attached hydrogen (secondary N) is 2. The smallest absolute Gasteiger partial charge is 0.317 e. The first-order valence-electron chi connectivity index (χ1n) is 7.54. The molecule has 1 aromatic carbocycles. The van der Waals surface area contributed by atoms with Crippen LogP contribution in [0.1, 0.15) is 18.4 Å². The van der Waals surface area contributed by atoms with Crippen LogP contribution in [0.5, 0.6) is 0 Å². The molecule has 0 radical (unpaired) electrons. The normalized spacial score (nSPS) is 15.8. The number of piperidine rings is 1. The molecule has 2 rings (SSSR count). The molecule has 116 valence electrons. The molecule has 1 fully saturated rings. The van der Waals surface area contributed by atoms with Crippen LogP contribution in [0.25, 0.3) is 0 Å². The van der Waals surface area contributed by atoms with Gasteiger partial charge in [0.25, 0.3) is 0 Å². The summed E-state index contributed by atoms with van der Waals surface area (Å²) >= 11 is 0. The molecule has 0 unspecified atom stereocenters. The van der Waals surface area contributed by atoms with Gasteiger partial charge in [-0.3, -0.25) is 0 Å². The second-order valence-electron chi connectivity index (χ2n) is 5.50. The molecule has 1 aliphatic rings. The fourth-order valence-electron chi connectivity index (χ4n) is 2.57. The lowest BCUT2D eigenvalue weighted by atomic mass is 10.0. The number of rotatable bonds is 5. The summed E-state index contributed by atoms with van der Waals surface area (Å²) in [6, 6.07) is 8.87. The van der Waals surface area contributed by atoms with E-state index in [0.29, 0.717) is 19.2 Å². The first kappa shape index (κ1) is 15.6. The van der Waals surface area contributed by atoms with Gasteiger partial charge in [-0.05, 0) is 37.5 Å². The molecule has 0 atom stereocenters. The Kier molecular flexibility index (Phi) is 5.87. The average Bonchev–Trinajstić information content (AvgIpc) is 2.48. The van der Waals surface area contributed by atoms with Crippen LogP contribution in [0.15, 0.2) is 24.3 Å². The average molecular weight is 291 g/mol. The number of carbonyl (C=O) groups excluding carboxylic acids is 1. The summed E-state index contributed by atoms with van der Waals surface area (Å²) in [6.45, 7) is 4.80. The summed E-state index contributed by atoms with van der Waals surface area (Å²) in [6.07, 6.45) is 1.96. The highest BCUT2D eigenvalue weighted by atomic mass is 16.5. The predicted molar refractivity (Wildman–Crippen MR) is 84.7 cm³/mol. The number of amides is 2. The van der Waals surface area contributed by atoms with E-state index in [0.717, 1.165) is 31.6 Å². The molecule has 1 aliphatic heterocycles. The SMILES string of the molecule is COCCNC(=O)N1CCC(Nc2cccc(C)c2)CC1. The number of nitrogens with zero attached hydrogens (tertiary/aromatic N) is 1. The zero-order chi connectivity index (χ0) is 15.1. The third kappa shape index (κ3) is 4.93. The predicted octanol–water partition coefficient (Wildman–Crippen LogP) is 2.23. The number of hydrogen-bond donors (Lipinski definition) is 2. The van der Waals surface area contributed by atoms with Crippen LogP contribution in [-0.4, -0.2) is 50.3 Å². The molecule has 1 heterocycles. The van der Waals surface area contributed by atoms with E-state index in [2.05, 4.69) is 41.8 Å². The summed E-state index contributed by atoms with van der Waals surface area (Å²) < 4.78 is 4.93. The molecule has 2 amide bonds. The quantitative estimate of drug-likeness (QED) is 0.818. The van der Waals surface area contributed by atoms with Crippen molar-refractivity contribution in [3.63, 3.8) is 0 Å². The Morgan fingerprint density at radius 2 is 2.14 bits per heavy atom. The zero-order valence-corrected chi connectivity index (χ0v) is 12.9. The Labute approximate surface area is 126 Å². The van der Waals surface area contributed by atoms with Crippen LogP contribution in [0, 0.1) is 6.92 Å². The molecule has 21 heavy (non-hydrogen) atoms. The summed E-state index contributed by atoms with van der Waals surface area (Å²) in [5.74, 6) is 0. The van der Waals surface area contributed by atoms with Crippen molar-refractivity contribution in [2.45, 2.75) is 25.8 Å². The molecular weight excluding hydrogens is 266 g/mol. The van der Waals surface area contributed by atoms with Crippen molar-refractivity contribution >= 4 is 11.7 Å². The minimum atomic E-state index is 0.0149. The van der Waals surface area contributed by atoms with Crippen molar-refractivity contribution in [2.75, 3.05) is 38.7 Å². The molecule has 0 saturated carbocycles. The van der Waals surface area contributed by atoms with E-state index in [1.807, 2.05) is 4.90 Å². The van der Waals surface area contributed by atoms with Crippen molar-refractivity contribution in [1.82, 2.24) is 10.2 Å². The van der Waals surface area contributed by atoms with Crippen LogP contribution >= 0.6 is 0 Å². The van der Waals surface area contributed by atoms with Gasteiger partial charge < -0.3 is 20.3 Å². The van der Waals surface area contributed by atoms with Crippen LogP contribution in [0.2, 0.25) is 0 Å². The van der Waals surface area contributed by atoms with Gasteiger partial charge in [0.15, 0.2) is 0 Å². The lowest BCUT2D eigenvalue weighted by Gasteiger charge is -2.33. The van der Waals surface area contributed by atoms with E-state index in [-0.39, 0.29) is 6.03 Å². The Balaban J connectivity index is 1.74. The highest BCUT2D eigenvalue weighted by Crippen LogP contribution is 2.17. The van der Waals surface area contributed by atoms with E-state index in [9.17, 15) is 4.79 Å². The van der Waals surface area contributed by atoms with Crippen molar-refractivity contribution in [3.8, 4) is 0 Å². The number of anilines is 1. The lowest BCUT2D eigenvalue weighted by Crippen LogP contribution is -2.47. The minimum Gasteiger partial charge on any atom is -0.383 e. The Morgan fingerprint density at radius 3 is 2.81 bits per heavy atom. The van der Waals surface area contributed by atoms with Gasteiger partial charge >= 0.3 is 6.03 Å². The number of benzene rings is 1. The molecule has 0 bridgehead atoms. The van der Waals surface area contributed by atoms with Gasteiger partial charge in [0, 0.05) is 38.5 Å². The fourth-order valence-corrected chi connectivity index (χ4v) is 2.57. The van der Waals surface area contributed by atoms with E-state index in [1.54, 1.807) is 7.11 Å². The Bertz CT molecular complexity index is 457. The molecule has 0 spiro atoms. The molecular formula is C16H25N3O2. The molecule has 0 aliphatic carbocycles. The van der Waals surface area contributed by atoms with Crippen LogP contribution in [-0.2, 0) is 4.74 Å². The van der Waals surface area contributed by atoms with E-state index in [4.69, 9.17) is 4.74 Å². The highest BCUT2D eigenvalue weighted by molar-refractivity contribution is 5.74. The second kappa shape index (κ2) is 7.88. The van der Waals surface area contributed by atoms with Crippen LogP contribution in [0.4, 0.5) is 10.5 Å². The van der Waals surface area contributed by atoms with Crippen molar-refractivity contribution in [3.05, 3.63) is 29.8 Å². The standard InChI is InChI=1S/C16H25N3O2/c1-13-4-3-5-15(12-13)18-14-6-9-19(10-7-14)16(20)17-8-11-21-2/h3-5,12,14,18H,6-11H2,1-2H3,(H,17,20). The fraction of sp³-hybridized carbons (Fsp3) is 0.562. The van der Waals surface area contributed by atoms with Gasteiger partial charge in [0.2, 0.25) is 0 Å². The lowest BCUT2D eigenvalue weighted by molar-refractivity contribution is 0.171. The molecule has 1 aromatic rings. The maximum Gasteiger partial charge on any atom is 0.317 e. The molecule has 1 saturated heterocycles. The first-order valence-corrected chi connectivity index (χ1v) is 7.54. The third-order valence-corrected chi connectivity index (χ3v) is 3.75. The first-order chi connectivity index (χ1) is 10.2. The maximum atomic E-state index is 11.9. The topological polar surface area (TPSA) is 53.6 Å². The maximum absolute atomic E-state index is 11.9. The van der Waals surface area contributed by atoms with Crippen LogP contribution < -0.4 is 10.6 Å². The molecule has 0 aromatic heterocycles. The van der Waals surface area contributed by atoms with Crippen molar-refractivity contribution in [2.24, 2.45) is 0 Å². The third-order valence-electron chi connectivity index (χ3n) is 3.75. The summed E-state index contributed by atoms with van der Waals surface area (Å²) in [7, 11) is 1.63. The monoisotopic (exact) mass is 291 g/mol. The number of ether oxygens (including phenoxy) is 1. The van der Waals surface area contributed by atoms with Gasteiger partial charge in [0.1, 0.15) is 0 Å².